The summed E-state index contributed by atoms with van der Waals surface area (Å²) in [7, 11) is 1.25. The van der Waals surface area contributed by atoms with Gasteiger partial charge in [0.15, 0.2) is 0 Å². The van der Waals surface area contributed by atoms with Crippen LogP contribution in [-0.2, 0) is 22.6 Å². The van der Waals surface area contributed by atoms with Gasteiger partial charge in [-0.3, -0.25) is 4.79 Å². The molecule has 1 heterocycles. The monoisotopic (exact) mass is 268 g/mol. The lowest BCUT2D eigenvalue weighted by Gasteiger charge is -2.13. The molecule has 0 unspecified atom stereocenters. The molecule has 7 heteroatoms. The number of ether oxygens (including phenoxy) is 1. The fourth-order valence-electron chi connectivity index (χ4n) is 1.57. The standard InChI is InChI=1S/C12H20N4O3/c1-4-6-16-7-5-13-10(16)8-14-11(17)9(2)15-12(18)19-3/h5,7,9H,4,6,8H2,1-3H3,(H,14,17)(H,15,18)/t9-/m0/s1. The summed E-state index contributed by atoms with van der Waals surface area (Å²) in [6.07, 6.45) is 3.95. The van der Waals surface area contributed by atoms with Crippen LogP contribution >= 0.6 is 0 Å². The highest BCUT2D eigenvalue weighted by molar-refractivity contribution is 5.85. The van der Waals surface area contributed by atoms with Crippen LogP contribution in [0.4, 0.5) is 4.79 Å². The number of nitrogens with zero attached hydrogens (tertiary/aromatic N) is 2. The molecule has 1 rings (SSSR count). The van der Waals surface area contributed by atoms with Crippen molar-refractivity contribution in [1.82, 2.24) is 20.2 Å². The average molecular weight is 268 g/mol. The third-order valence-electron chi connectivity index (χ3n) is 2.60. The highest BCUT2D eigenvalue weighted by Gasteiger charge is 2.15. The lowest BCUT2D eigenvalue weighted by atomic mass is 10.3. The maximum Gasteiger partial charge on any atom is 0.407 e. The molecule has 0 aromatic carbocycles. The molecule has 0 fully saturated rings. The molecule has 0 saturated carbocycles. The van der Waals surface area contributed by atoms with Crippen LogP contribution in [0.3, 0.4) is 0 Å². The van der Waals surface area contributed by atoms with Crippen molar-refractivity contribution in [1.29, 1.82) is 0 Å². The molecule has 0 bridgehead atoms. The number of amides is 2. The number of carbonyl (C=O) groups excluding carboxylic acids is 2. The van der Waals surface area contributed by atoms with Crippen molar-refractivity contribution in [2.24, 2.45) is 0 Å². The van der Waals surface area contributed by atoms with Crippen LogP contribution in [0.5, 0.6) is 0 Å². The lowest BCUT2D eigenvalue weighted by Crippen LogP contribution is -2.44. The first kappa shape index (κ1) is 15.0. The first-order valence-corrected chi connectivity index (χ1v) is 6.20. The Hall–Kier alpha value is -2.05. The summed E-state index contributed by atoms with van der Waals surface area (Å²) in [6.45, 7) is 4.86. The van der Waals surface area contributed by atoms with Gasteiger partial charge in [-0.1, -0.05) is 6.92 Å². The van der Waals surface area contributed by atoms with Gasteiger partial charge >= 0.3 is 6.09 Å². The summed E-state index contributed by atoms with van der Waals surface area (Å²) in [6, 6.07) is -0.651. The topological polar surface area (TPSA) is 85.3 Å². The second-order valence-corrected chi connectivity index (χ2v) is 4.11. The van der Waals surface area contributed by atoms with Gasteiger partial charge in [0.1, 0.15) is 11.9 Å². The van der Waals surface area contributed by atoms with E-state index in [9.17, 15) is 9.59 Å². The van der Waals surface area contributed by atoms with Gasteiger partial charge in [0.25, 0.3) is 0 Å². The molecule has 7 nitrogen and oxygen atoms in total. The van der Waals surface area contributed by atoms with Gasteiger partial charge in [0.2, 0.25) is 5.91 Å². The molecule has 0 spiro atoms. The number of hydrogen-bond donors (Lipinski definition) is 2. The average Bonchev–Trinajstić information content (AvgIpc) is 2.83. The first-order chi connectivity index (χ1) is 9.08. The molecule has 19 heavy (non-hydrogen) atoms. The summed E-state index contributed by atoms with van der Waals surface area (Å²) < 4.78 is 6.41. The zero-order chi connectivity index (χ0) is 14.3. The second kappa shape index (κ2) is 7.40. The van der Waals surface area contributed by atoms with Gasteiger partial charge in [-0.05, 0) is 13.3 Å². The van der Waals surface area contributed by atoms with Crippen LogP contribution in [-0.4, -0.2) is 34.7 Å². The van der Waals surface area contributed by atoms with E-state index in [1.165, 1.54) is 7.11 Å². The molecule has 0 aliphatic heterocycles. The van der Waals surface area contributed by atoms with Gasteiger partial charge in [0, 0.05) is 18.9 Å². The SMILES string of the molecule is CCCn1ccnc1CNC(=O)[C@H](C)NC(=O)OC. The lowest BCUT2D eigenvalue weighted by molar-refractivity contribution is -0.122. The molecule has 0 saturated heterocycles. The van der Waals surface area contributed by atoms with E-state index in [1.807, 2.05) is 10.8 Å². The van der Waals surface area contributed by atoms with E-state index in [0.29, 0.717) is 6.54 Å². The summed E-state index contributed by atoms with van der Waals surface area (Å²) in [5, 5.41) is 5.12. The minimum absolute atomic E-state index is 0.281. The zero-order valence-electron chi connectivity index (χ0n) is 11.5. The van der Waals surface area contributed by atoms with Crippen molar-refractivity contribution in [3.05, 3.63) is 18.2 Å². The predicted octanol–water partition coefficient (Wildman–Crippen LogP) is 0.654. The van der Waals surface area contributed by atoms with Crippen molar-refractivity contribution >= 4 is 12.0 Å². The van der Waals surface area contributed by atoms with E-state index in [-0.39, 0.29) is 5.91 Å². The minimum atomic E-state index is -0.651. The Morgan fingerprint density at radius 2 is 2.26 bits per heavy atom. The third-order valence-corrected chi connectivity index (χ3v) is 2.60. The van der Waals surface area contributed by atoms with Crippen molar-refractivity contribution in [2.45, 2.75) is 39.4 Å². The van der Waals surface area contributed by atoms with Gasteiger partial charge in [0.05, 0.1) is 13.7 Å². The number of carbonyl (C=O) groups is 2. The smallest absolute Gasteiger partial charge is 0.407 e. The number of nitrogens with one attached hydrogen (secondary N) is 2. The van der Waals surface area contributed by atoms with E-state index in [1.54, 1.807) is 13.1 Å². The maximum absolute atomic E-state index is 11.7. The summed E-state index contributed by atoms with van der Waals surface area (Å²) in [5.41, 5.74) is 0. The Bertz CT molecular complexity index is 430. The van der Waals surface area contributed by atoms with Gasteiger partial charge in [-0.25, -0.2) is 9.78 Å². The molecule has 0 aliphatic carbocycles. The Morgan fingerprint density at radius 3 is 2.89 bits per heavy atom. The fraction of sp³-hybridized carbons (Fsp3) is 0.583. The number of rotatable bonds is 6. The molecular formula is C12H20N4O3. The minimum Gasteiger partial charge on any atom is -0.453 e. The van der Waals surface area contributed by atoms with Gasteiger partial charge in [-0.2, -0.15) is 0 Å². The highest BCUT2D eigenvalue weighted by Crippen LogP contribution is 1.99. The van der Waals surface area contributed by atoms with Crippen LogP contribution in [0, 0.1) is 0 Å². The van der Waals surface area contributed by atoms with Crippen molar-refractivity contribution in [3.8, 4) is 0 Å². The van der Waals surface area contributed by atoms with Crippen LogP contribution in [0.15, 0.2) is 12.4 Å². The number of hydrogen-bond acceptors (Lipinski definition) is 4. The summed E-state index contributed by atoms with van der Waals surface area (Å²) >= 11 is 0. The number of imidazole rings is 1. The number of aromatic nitrogens is 2. The van der Waals surface area contributed by atoms with Gasteiger partial charge < -0.3 is 19.9 Å². The van der Waals surface area contributed by atoms with E-state index in [2.05, 4.69) is 27.3 Å². The fourth-order valence-corrected chi connectivity index (χ4v) is 1.57. The van der Waals surface area contributed by atoms with E-state index < -0.39 is 12.1 Å². The number of alkyl carbamates (subject to hydrolysis) is 1. The second-order valence-electron chi connectivity index (χ2n) is 4.11. The van der Waals surface area contributed by atoms with Crippen LogP contribution in [0.2, 0.25) is 0 Å². The predicted molar refractivity (Wildman–Crippen MR) is 69.4 cm³/mol. The largest absolute Gasteiger partial charge is 0.453 e. The quantitative estimate of drug-likeness (QED) is 0.793. The van der Waals surface area contributed by atoms with Gasteiger partial charge in [-0.15, -0.1) is 0 Å². The normalized spacial score (nSPS) is 11.7. The van der Waals surface area contributed by atoms with Crippen LogP contribution < -0.4 is 10.6 Å². The molecule has 0 aliphatic rings. The van der Waals surface area contributed by atoms with Crippen molar-refractivity contribution in [3.63, 3.8) is 0 Å². The Morgan fingerprint density at radius 1 is 1.53 bits per heavy atom. The Balaban J connectivity index is 2.45. The number of methoxy groups -OCH3 is 1. The number of aryl methyl sites for hydroxylation is 1. The van der Waals surface area contributed by atoms with Crippen LogP contribution in [0.25, 0.3) is 0 Å². The van der Waals surface area contributed by atoms with E-state index in [0.717, 1.165) is 18.8 Å². The third kappa shape index (κ3) is 4.61. The zero-order valence-corrected chi connectivity index (χ0v) is 11.5. The Kier molecular flexibility index (Phi) is 5.84. The van der Waals surface area contributed by atoms with Crippen molar-refractivity contribution in [2.75, 3.05) is 7.11 Å². The molecule has 1 aromatic rings. The summed E-state index contributed by atoms with van der Waals surface area (Å²) in [4.78, 5) is 26.9. The molecule has 2 amide bonds. The molecular weight excluding hydrogens is 248 g/mol. The molecule has 1 aromatic heterocycles. The van der Waals surface area contributed by atoms with E-state index >= 15 is 0 Å². The van der Waals surface area contributed by atoms with Crippen molar-refractivity contribution < 1.29 is 14.3 Å². The highest BCUT2D eigenvalue weighted by atomic mass is 16.5. The Labute approximate surface area is 112 Å². The molecule has 2 N–H and O–H groups in total. The maximum atomic E-state index is 11.7. The molecule has 106 valence electrons. The summed E-state index contributed by atoms with van der Waals surface area (Å²) in [5.74, 6) is 0.511. The molecule has 0 radical (unpaired) electrons. The first-order valence-electron chi connectivity index (χ1n) is 6.20. The van der Waals surface area contributed by atoms with Crippen LogP contribution in [0.1, 0.15) is 26.1 Å². The van der Waals surface area contributed by atoms with E-state index in [4.69, 9.17) is 0 Å². The molecule has 1 atom stereocenters.